The highest BCUT2D eigenvalue weighted by molar-refractivity contribution is 5.73. The van der Waals surface area contributed by atoms with Gasteiger partial charge in [-0.15, -0.1) is 0 Å². The summed E-state index contributed by atoms with van der Waals surface area (Å²) in [6.07, 6.45) is 0.00577. The van der Waals surface area contributed by atoms with E-state index in [0.29, 0.717) is 13.0 Å². The summed E-state index contributed by atoms with van der Waals surface area (Å²) in [4.78, 5) is 13.3. The molecule has 2 N–H and O–H groups in total. The Bertz CT molecular complexity index is 509. The highest BCUT2D eigenvalue weighted by atomic mass is 16.7. The van der Waals surface area contributed by atoms with Crippen LogP contribution in [0.5, 0.6) is 11.5 Å². The molecule has 0 bridgehead atoms. The summed E-state index contributed by atoms with van der Waals surface area (Å²) < 4.78 is 15.4. The van der Waals surface area contributed by atoms with Crippen molar-refractivity contribution in [2.45, 2.75) is 12.5 Å². The predicted molar refractivity (Wildman–Crippen MR) is 80.2 cm³/mol. The molecule has 1 heterocycles. The molecule has 0 aromatic heterocycles. The SMILES string of the molecule is COCC(O)CN(C)C(=O)NCCc1ccc2c(c1)OCO2. The molecule has 0 spiro atoms. The number of nitrogens with one attached hydrogen (secondary N) is 1. The number of hydrogen-bond acceptors (Lipinski definition) is 5. The molecule has 0 saturated carbocycles. The van der Waals surface area contributed by atoms with Gasteiger partial charge in [0.05, 0.1) is 19.3 Å². The zero-order chi connectivity index (χ0) is 15.9. The van der Waals surface area contributed by atoms with Gasteiger partial charge in [0.1, 0.15) is 0 Å². The minimum atomic E-state index is -0.686. The number of carbonyl (C=O) groups is 1. The number of carbonyl (C=O) groups excluding carboxylic acids is 1. The van der Waals surface area contributed by atoms with Gasteiger partial charge in [0.15, 0.2) is 11.5 Å². The highest BCUT2D eigenvalue weighted by Gasteiger charge is 2.14. The van der Waals surface area contributed by atoms with Crippen molar-refractivity contribution in [3.8, 4) is 11.5 Å². The van der Waals surface area contributed by atoms with Crippen LogP contribution in [0.4, 0.5) is 4.79 Å². The molecule has 0 fully saturated rings. The van der Waals surface area contributed by atoms with E-state index in [1.807, 2.05) is 18.2 Å². The Balaban J connectivity index is 1.72. The summed E-state index contributed by atoms with van der Waals surface area (Å²) in [6, 6.07) is 5.51. The van der Waals surface area contributed by atoms with Crippen LogP contribution >= 0.6 is 0 Å². The molecule has 0 aliphatic carbocycles. The molecule has 22 heavy (non-hydrogen) atoms. The fourth-order valence-electron chi connectivity index (χ4n) is 2.19. The molecule has 7 heteroatoms. The predicted octanol–water partition coefficient (Wildman–Crippen LogP) is 0.607. The van der Waals surface area contributed by atoms with E-state index in [-0.39, 0.29) is 26.0 Å². The quantitative estimate of drug-likeness (QED) is 0.771. The first-order chi connectivity index (χ1) is 10.6. The first-order valence-corrected chi connectivity index (χ1v) is 7.14. The third kappa shape index (κ3) is 4.51. The van der Waals surface area contributed by atoms with E-state index in [4.69, 9.17) is 14.2 Å². The molecule has 1 unspecified atom stereocenters. The number of ether oxygens (including phenoxy) is 3. The lowest BCUT2D eigenvalue weighted by Crippen LogP contribution is -2.42. The fourth-order valence-corrected chi connectivity index (χ4v) is 2.19. The van der Waals surface area contributed by atoms with Crippen molar-refractivity contribution in [3.63, 3.8) is 0 Å². The minimum Gasteiger partial charge on any atom is -0.454 e. The summed E-state index contributed by atoms with van der Waals surface area (Å²) >= 11 is 0. The maximum Gasteiger partial charge on any atom is 0.317 e. The molecule has 1 aliphatic heterocycles. The van der Waals surface area contributed by atoms with Crippen molar-refractivity contribution < 1.29 is 24.1 Å². The van der Waals surface area contributed by atoms with Crippen LogP contribution in [-0.4, -0.2) is 62.8 Å². The van der Waals surface area contributed by atoms with Gasteiger partial charge in [-0.2, -0.15) is 0 Å². The van der Waals surface area contributed by atoms with E-state index in [1.54, 1.807) is 7.05 Å². The average Bonchev–Trinajstić information content (AvgIpc) is 2.94. The number of fused-ring (bicyclic) bond motifs is 1. The lowest BCUT2D eigenvalue weighted by Gasteiger charge is -2.20. The van der Waals surface area contributed by atoms with E-state index in [1.165, 1.54) is 12.0 Å². The number of aliphatic hydroxyl groups excluding tert-OH is 1. The number of likely N-dealkylation sites (N-methyl/N-ethyl adjacent to an activating group) is 1. The number of nitrogens with zero attached hydrogens (tertiary/aromatic N) is 1. The van der Waals surface area contributed by atoms with Crippen LogP contribution in [0.25, 0.3) is 0 Å². The Labute approximate surface area is 129 Å². The highest BCUT2D eigenvalue weighted by Crippen LogP contribution is 2.32. The Hall–Kier alpha value is -1.99. The molecule has 7 nitrogen and oxygen atoms in total. The van der Waals surface area contributed by atoms with Crippen LogP contribution in [-0.2, 0) is 11.2 Å². The van der Waals surface area contributed by atoms with Crippen LogP contribution < -0.4 is 14.8 Å². The second-order valence-corrected chi connectivity index (χ2v) is 5.16. The van der Waals surface area contributed by atoms with Crippen molar-refractivity contribution >= 4 is 6.03 Å². The summed E-state index contributed by atoms with van der Waals surface area (Å²) in [6.45, 7) is 1.19. The van der Waals surface area contributed by atoms with Gasteiger partial charge in [0.2, 0.25) is 6.79 Å². The van der Waals surface area contributed by atoms with E-state index in [2.05, 4.69) is 5.32 Å². The Morgan fingerprint density at radius 2 is 2.23 bits per heavy atom. The molecule has 1 aromatic rings. The summed E-state index contributed by atoms with van der Waals surface area (Å²) in [5.41, 5.74) is 1.06. The summed E-state index contributed by atoms with van der Waals surface area (Å²) in [5, 5.41) is 12.4. The summed E-state index contributed by atoms with van der Waals surface area (Å²) in [7, 11) is 3.14. The van der Waals surface area contributed by atoms with Crippen molar-refractivity contribution in [1.82, 2.24) is 10.2 Å². The number of amides is 2. The third-order valence-electron chi connectivity index (χ3n) is 3.32. The van der Waals surface area contributed by atoms with E-state index >= 15 is 0 Å². The Morgan fingerprint density at radius 3 is 3.00 bits per heavy atom. The number of hydrogen-bond donors (Lipinski definition) is 2. The molecular weight excluding hydrogens is 288 g/mol. The zero-order valence-corrected chi connectivity index (χ0v) is 12.9. The van der Waals surface area contributed by atoms with Crippen molar-refractivity contribution in [1.29, 1.82) is 0 Å². The van der Waals surface area contributed by atoms with Crippen LogP contribution in [0.15, 0.2) is 18.2 Å². The fraction of sp³-hybridized carbons (Fsp3) is 0.533. The molecule has 0 radical (unpaired) electrons. The van der Waals surface area contributed by atoms with Crippen molar-refractivity contribution in [2.24, 2.45) is 0 Å². The Kier molecular flexibility index (Phi) is 5.85. The molecule has 0 saturated heterocycles. The van der Waals surface area contributed by atoms with Crippen LogP contribution in [0.2, 0.25) is 0 Å². The van der Waals surface area contributed by atoms with E-state index < -0.39 is 6.10 Å². The van der Waals surface area contributed by atoms with E-state index in [9.17, 15) is 9.90 Å². The van der Waals surface area contributed by atoms with Gasteiger partial charge in [-0.25, -0.2) is 4.79 Å². The zero-order valence-electron chi connectivity index (χ0n) is 12.9. The van der Waals surface area contributed by atoms with Gasteiger partial charge < -0.3 is 29.5 Å². The largest absolute Gasteiger partial charge is 0.454 e. The van der Waals surface area contributed by atoms with Gasteiger partial charge in [-0.05, 0) is 24.1 Å². The number of methoxy groups -OCH3 is 1. The lowest BCUT2D eigenvalue weighted by atomic mass is 10.1. The third-order valence-corrected chi connectivity index (χ3v) is 3.32. The molecule has 1 atom stereocenters. The number of benzene rings is 1. The maximum absolute atomic E-state index is 11.9. The minimum absolute atomic E-state index is 0.203. The van der Waals surface area contributed by atoms with Crippen LogP contribution in [0.1, 0.15) is 5.56 Å². The van der Waals surface area contributed by atoms with Crippen molar-refractivity contribution in [3.05, 3.63) is 23.8 Å². The number of urea groups is 1. The lowest BCUT2D eigenvalue weighted by molar-refractivity contribution is 0.0490. The van der Waals surface area contributed by atoms with Gasteiger partial charge in [-0.1, -0.05) is 6.07 Å². The molecule has 1 aromatic carbocycles. The first-order valence-electron chi connectivity index (χ1n) is 7.14. The Morgan fingerprint density at radius 1 is 1.45 bits per heavy atom. The van der Waals surface area contributed by atoms with Crippen molar-refractivity contribution in [2.75, 3.05) is 40.6 Å². The topological polar surface area (TPSA) is 80.3 Å². The first kappa shape index (κ1) is 16.4. The molecule has 2 amide bonds. The molecule has 122 valence electrons. The summed E-state index contributed by atoms with van der Waals surface area (Å²) in [5.74, 6) is 1.49. The van der Waals surface area contributed by atoms with Gasteiger partial charge in [0.25, 0.3) is 0 Å². The number of rotatable bonds is 7. The molecule has 1 aliphatic rings. The van der Waals surface area contributed by atoms with Crippen LogP contribution in [0.3, 0.4) is 0 Å². The normalized spacial score (nSPS) is 13.8. The second-order valence-electron chi connectivity index (χ2n) is 5.16. The van der Waals surface area contributed by atoms with Crippen LogP contribution in [0, 0.1) is 0 Å². The standard InChI is InChI=1S/C15H22N2O5/c1-17(8-12(18)9-20-2)15(19)16-6-5-11-3-4-13-14(7-11)22-10-21-13/h3-4,7,12,18H,5-6,8-10H2,1-2H3,(H,16,19). The molecule has 2 rings (SSSR count). The van der Waals surface area contributed by atoms with Gasteiger partial charge in [0, 0.05) is 20.7 Å². The average molecular weight is 310 g/mol. The number of aliphatic hydroxyl groups is 1. The monoisotopic (exact) mass is 310 g/mol. The van der Waals surface area contributed by atoms with Gasteiger partial charge >= 0.3 is 6.03 Å². The smallest absolute Gasteiger partial charge is 0.317 e. The van der Waals surface area contributed by atoms with Gasteiger partial charge in [-0.3, -0.25) is 0 Å². The second kappa shape index (κ2) is 7.86. The molecular formula is C15H22N2O5. The van der Waals surface area contributed by atoms with E-state index in [0.717, 1.165) is 17.1 Å². The maximum atomic E-state index is 11.9.